The zero-order valence-electron chi connectivity index (χ0n) is 11.1. The van der Waals surface area contributed by atoms with Crippen molar-refractivity contribution in [2.24, 2.45) is 0 Å². The van der Waals surface area contributed by atoms with Gasteiger partial charge in [-0.2, -0.15) is 13.2 Å². The van der Waals surface area contributed by atoms with Gasteiger partial charge < -0.3 is 5.32 Å². The van der Waals surface area contributed by atoms with Gasteiger partial charge in [-0.25, -0.2) is 0 Å². The Hall–Kier alpha value is -1.53. The molecule has 1 aromatic carbocycles. The van der Waals surface area contributed by atoms with Gasteiger partial charge in [0.15, 0.2) is 0 Å². The lowest BCUT2D eigenvalue weighted by Gasteiger charge is -2.11. The van der Waals surface area contributed by atoms with Gasteiger partial charge >= 0.3 is 6.18 Å². The second-order valence-corrected chi connectivity index (χ2v) is 5.97. The van der Waals surface area contributed by atoms with E-state index in [9.17, 15) is 18.0 Å². The molecule has 0 aliphatic rings. The molecule has 2 rings (SSSR count). The molecule has 0 atom stereocenters. The standard InChI is InChI=1S/C14H11ClF3NOS/c1-7-8(2)21-6-10(7)13(20)19-9-3-4-12(15)11(5-9)14(16,17)18/h3-6H,1-2H3,(H,19,20). The van der Waals surface area contributed by atoms with Crippen molar-refractivity contribution < 1.29 is 18.0 Å². The summed E-state index contributed by atoms with van der Waals surface area (Å²) in [5.41, 5.74) is 0.365. The third-order valence-electron chi connectivity index (χ3n) is 3.06. The summed E-state index contributed by atoms with van der Waals surface area (Å²) in [6.45, 7) is 3.67. The fourth-order valence-corrected chi connectivity index (χ4v) is 2.85. The monoisotopic (exact) mass is 333 g/mol. The van der Waals surface area contributed by atoms with Crippen LogP contribution in [0.1, 0.15) is 26.4 Å². The SMILES string of the molecule is Cc1scc(C(=O)Nc2ccc(Cl)c(C(F)(F)F)c2)c1C. The van der Waals surface area contributed by atoms with E-state index >= 15 is 0 Å². The number of halogens is 4. The Morgan fingerprint density at radius 2 is 1.95 bits per heavy atom. The Kier molecular flexibility index (Phi) is 4.30. The van der Waals surface area contributed by atoms with Crippen molar-refractivity contribution in [1.29, 1.82) is 0 Å². The summed E-state index contributed by atoms with van der Waals surface area (Å²) in [4.78, 5) is 13.1. The summed E-state index contributed by atoms with van der Waals surface area (Å²) >= 11 is 6.95. The highest BCUT2D eigenvalue weighted by Gasteiger charge is 2.33. The van der Waals surface area contributed by atoms with Crippen LogP contribution in [0, 0.1) is 13.8 Å². The van der Waals surface area contributed by atoms with Crippen LogP contribution in [0.15, 0.2) is 23.6 Å². The van der Waals surface area contributed by atoms with Crippen LogP contribution < -0.4 is 5.32 Å². The average molecular weight is 334 g/mol. The molecule has 112 valence electrons. The Labute approximate surface area is 128 Å². The van der Waals surface area contributed by atoms with Gasteiger partial charge in [0.05, 0.1) is 16.1 Å². The van der Waals surface area contributed by atoms with Crippen molar-refractivity contribution in [2.45, 2.75) is 20.0 Å². The molecule has 0 spiro atoms. The molecule has 1 heterocycles. The number of carbonyl (C=O) groups is 1. The van der Waals surface area contributed by atoms with Gasteiger partial charge in [-0.05, 0) is 37.6 Å². The number of carbonyl (C=O) groups excluding carboxylic acids is 1. The van der Waals surface area contributed by atoms with Gasteiger partial charge in [-0.15, -0.1) is 11.3 Å². The van der Waals surface area contributed by atoms with E-state index in [-0.39, 0.29) is 5.69 Å². The molecule has 21 heavy (non-hydrogen) atoms. The Morgan fingerprint density at radius 1 is 1.29 bits per heavy atom. The summed E-state index contributed by atoms with van der Waals surface area (Å²) in [6, 6.07) is 3.28. The molecule has 0 unspecified atom stereocenters. The molecule has 7 heteroatoms. The number of hydrogen-bond donors (Lipinski definition) is 1. The molecule has 0 aliphatic carbocycles. The lowest BCUT2D eigenvalue weighted by molar-refractivity contribution is -0.137. The molecule has 1 N–H and O–H groups in total. The van der Waals surface area contributed by atoms with Crippen molar-refractivity contribution in [1.82, 2.24) is 0 Å². The molecular weight excluding hydrogens is 323 g/mol. The highest BCUT2D eigenvalue weighted by molar-refractivity contribution is 7.10. The van der Waals surface area contributed by atoms with Gasteiger partial charge in [0.1, 0.15) is 0 Å². The van der Waals surface area contributed by atoms with E-state index in [0.29, 0.717) is 5.56 Å². The molecule has 2 nitrogen and oxygen atoms in total. The molecule has 0 radical (unpaired) electrons. The third kappa shape index (κ3) is 3.39. The first-order valence-electron chi connectivity index (χ1n) is 5.93. The number of thiophene rings is 1. The van der Waals surface area contributed by atoms with Crippen LogP contribution in [0.5, 0.6) is 0 Å². The van der Waals surface area contributed by atoms with Gasteiger partial charge in [0, 0.05) is 15.9 Å². The zero-order valence-corrected chi connectivity index (χ0v) is 12.7. The maximum absolute atomic E-state index is 12.8. The molecule has 0 saturated carbocycles. The van der Waals surface area contributed by atoms with E-state index in [1.165, 1.54) is 17.4 Å². The maximum atomic E-state index is 12.8. The van der Waals surface area contributed by atoms with Gasteiger partial charge in [0.2, 0.25) is 0 Å². The minimum Gasteiger partial charge on any atom is -0.322 e. The summed E-state index contributed by atoms with van der Waals surface area (Å²) < 4.78 is 38.3. The van der Waals surface area contributed by atoms with Crippen molar-refractivity contribution in [3.63, 3.8) is 0 Å². The first-order chi connectivity index (χ1) is 9.70. The fraction of sp³-hybridized carbons (Fsp3) is 0.214. The van der Waals surface area contributed by atoms with E-state index in [1.807, 2.05) is 6.92 Å². The minimum atomic E-state index is -4.56. The molecule has 0 bridgehead atoms. The number of nitrogens with one attached hydrogen (secondary N) is 1. The van der Waals surface area contributed by atoms with E-state index in [0.717, 1.165) is 22.6 Å². The predicted molar refractivity (Wildman–Crippen MR) is 78.2 cm³/mol. The van der Waals surface area contributed by atoms with Crippen LogP contribution in [0.3, 0.4) is 0 Å². The largest absolute Gasteiger partial charge is 0.417 e. The van der Waals surface area contributed by atoms with E-state index in [1.54, 1.807) is 12.3 Å². The van der Waals surface area contributed by atoms with E-state index < -0.39 is 22.7 Å². The lowest BCUT2D eigenvalue weighted by atomic mass is 10.1. The predicted octanol–water partition coefficient (Wildman–Crippen LogP) is 5.29. The number of anilines is 1. The first-order valence-corrected chi connectivity index (χ1v) is 7.18. The second kappa shape index (κ2) is 5.69. The molecule has 1 amide bonds. The first kappa shape index (κ1) is 15.9. The van der Waals surface area contributed by atoms with Gasteiger partial charge in [-0.1, -0.05) is 11.6 Å². The Morgan fingerprint density at radius 3 is 2.48 bits per heavy atom. The highest BCUT2D eigenvalue weighted by Crippen LogP contribution is 2.36. The van der Waals surface area contributed by atoms with Crippen molar-refractivity contribution in [3.05, 3.63) is 50.2 Å². The van der Waals surface area contributed by atoms with Crippen LogP contribution in [0.4, 0.5) is 18.9 Å². The number of alkyl halides is 3. The highest BCUT2D eigenvalue weighted by atomic mass is 35.5. The Bertz CT molecular complexity index is 694. The van der Waals surface area contributed by atoms with Crippen molar-refractivity contribution >= 4 is 34.5 Å². The van der Waals surface area contributed by atoms with Crippen LogP contribution in [0.2, 0.25) is 5.02 Å². The van der Waals surface area contributed by atoms with Crippen LogP contribution in [-0.4, -0.2) is 5.91 Å². The number of amides is 1. The van der Waals surface area contributed by atoms with Crippen molar-refractivity contribution in [2.75, 3.05) is 5.32 Å². The van der Waals surface area contributed by atoms with Crippen LogP contribution in [0.25, 0.3) is 0 Å². The maximum Gasteiger partial charge on any atom is 0.417 e. The quantitative estimate of drug-likeness (QED) is 0.795. The third-order valence-corrected chi connectivity index (χ3v) is 4.40. The molecular formula is C14H11ClF3NOS. The lowest BCUT2D eigenvalue weighted by Crippen LogP contribution is -2.13. The zero-order chi connectivity index (χ0) is 15.8. The molecule has 0 aliphatic heterocycles. The van der Waals surface area contributed by atoms with Crippen LogP contribution in [-0.2, 0) is 6.18 Å². The molecule has 1 aromatic heterocycles. The molecule has 2 aromatic rings. The summed E-state index contributed by atoms with van der Waals surface area (Å²) in [5.74, 6) is -0.438. The summed E-state index contributed by atoms with van der Waals surface area (Å²) in [6.07, 6.45) is -4.56. The molecule has 0 saturated heterocycles. The van der Waals surface area contributed by atoms with Crippen LogP contribution >= 0.6 is 22.9 Å². The summed E-state index contributed by atoms with van der Waals surface area (Å²) in [5, 5.41) is 3.74. The van der Waals surface area contributed by atoms with E-state index in [4.69, 9.17) is 11.6 Å². The van der Waals surface area contributed by atoms with Gasteiger partial charge in [-0.3, -0.25) is 4.79 Å². The van der Waals surface area contributed by atoms with E-state index in [2.05, 4.69) is 5.32 Å². The number of hydrogen-bond acceptors (Lipinski definition) is 2. The second-order valence-electron chi connectivity index (χ2n) is 4.48. The van der Waals surface area contributed by atoms with Crippen molar-refractivity contribution in [3.8, 4) is 0 Å². The van der Waals surface area contributed by atoms with Gasteiger partial charge in [0.25, 0.3) is 5.91 Å². The normalized spacial score (nSPS) is 11.5. The Balaban J connectivity index is 2.28. The topological polar surface area (TPSA) is 29.1 Å². The smallest absolute Gasteiger partial charge is 0.322 e. The average Bonchev–Trinajstić information content (AvgIpc) is 2.71. The minimum absolute atomic E-state index is 0.0555. The fourth-order valence-electron chi connectivity index (χ4n) is 1.76. The summed E-state index contributed by atoms with van der Waals surface area (Å²) in [7, 11) is 0. The number of rotatable bonds is 2. The number of benzene rings is 1. The number of aryl methyl sites for hydroxylation is 1. The molecule has 0 fully saturated rings.